The van der Waals surface area contributed by atoms with Crippen LogP contribution in [0.1, 0.15) is 35.4 Å². The summed E-state index contributed by atoms with van der Waals surface area (Å²) in [6.45, 7) is 6.22. The maximum Gasteiger partial charge on any atom is 0.130 e. The van der Waals surface area contributed by atoms with Gasteiger partial charge in [-0.2, -0.15) is 0 Å². The third kappa shape index (κ3) is 3.32. The van der Waals surface area contributed by atoms with Gasteiger partial charge in [-0.15, -0.1) is 0 Å². The molecule has 19 heavy (non-hydrogen) atoms. The molecule has 0 aliphatic heterocycles. The minimum absolute atomic E-state index is 0.453. The lowest BCUT2D eigenvalue weighted by Gasteiger charge is -2.12. The highest BCUT2D eigenvalue weighted by molar-refractivity contribution is 5.37. The Kier molecular flexibility index (Phi) is 4.17. The van der Waals surface area contributed by atoms with Gasteiger partial charge in [-0.3, -0.25) is 4.98 Å². The Hall–Kier alpha value is -1.87. The number of pyridine rings is 1. The molecule has 3 nitrogen and oxygen atoms in total. The summed E-state index contributed by atoms with van der Waals surface area (Å²) in [7, 11) is 0. The highest BCUT2D eigenvalue weighted by atomic mass is 16.5. The number of ether oxygens (including phenoxy) is 1. The normalized spacial score (nSPS) is 12.2. The molecular weight excluding hydrogens is 238 g/mol. The molecule has 0 spiro atoms. The van der Waals surface area contributed by atoms with Crippen molar-refractivity contribution in [2.75, 3.05) is 0 Å². The first-order valence-electron chi connectivity index (χ1n) is 6.40. The molecule has 0 unspecified atom stereocenters. The quantitative estimate of drug-likeness (QED) is 0.913. The Balaban J connectivity index is 2.10. The lowest BCUT2D eigenvalue weighted by Crippen LogP contribution is -2.02. The molecule has 2 rings (SSSR count). The van der Waals surface area contributed by atoms with E-state index in [1.165, 1.54) is 0 Å². The topological polar surface area (TPSA) is 42.4 Å². The van der Waals surface area contributed by atoms with Gasteiger partial charge in [-0.05, 0) is 55.7 Å². The minimum atomic E-state index is -0.453. The summed E-state index contributed by atoms with van der Waals surface area (Å²) in [6.07, 6.45) is 1.32. The second-order valence-electron chi connectivity index (χ2n) is 4.76. The molecule has 1 aromatic carbocycles. The first-order valence-corrected chi connectivity index (χ1v) is 6.40. The molecule has 0 aliphatic carbocycles. The number of hydrogen-bond donors (Lipinski definition) is 1. The SMILES string of the molecule is Cc1cc([C@@H](C)O)ccc1OCc1ncccc1C. The maximum atomic E-state index is 9.53. The van der Waals surface area contributed by atoms with Crippen LogP contribution < -0.4 is 4.74 Å². The summed E-state index contributed by atoms with van der Waals surface area (Å²) in [5, 5.41) is 9.53. The van der Waals surface area contributed by atoms with Crippen LogP contribution in [0.5, 0.6) is 5.75 Å². The monoisotopic (exact) mass is 257 g/mol. The van der Waals surface area contributed by atoms with E-state index in [-0.39, 0.29) is 0 Å². The van der Waals surface area contributed by atoms with Crippen molar-refractivity contribution < 1.29 is 9.84 Å². The summed E-state index contributed by atoms with van der Waals surface area (Å²) < 4.78 is 5.79. The zero-order chi connectivity index (χ0) is 13.8. The number of aryl methyl sites for hydroxylation is 2. The number of aliphatic hydroxyl groups excluding tert-OH is 1. The van der Waals surface area contributed by atoms with Crippen molar-refractivity contribution >= 4 is 0 Å². The molecule has 0 aliphatic rings. The zero-order valence-electron chi connectivity index (χ0n) is 11.6. The lowest BCUT2D eigenvalue weighted by molar-refractivity contribution is 0.199. The standard InChI is InChI=1S/C16H19NO2/c1-11-5-4-8-17-15(11)10-19-16-7-6-14(13(3)18)9-12(16)2/h4-9,13,18H,10H2,1-3H3/t13-/m1/s1. The Morgan fingerprint density at radius 2 is 2.00 bits per heavy atom. The highest BCUT2D eigenvalue weighted by Crippen LogP contribution is 2.23. The van der Waals surface area contributed by atoms with Crippen molar-refractivity contribution in [1.82, 2.24) is 4.98 Å². The fraction of sp³-hybridized carbons (Fsp3) is 0.312. The largest absolute Gasteiger partial charge is 0.487 e. The van der Waals surface area contributed by atoms with Crippen LogP contribution in [0.3, 0.4) is 0 Å². The van der Waals surface area contributed by atoms with E-state index in [1.807, 2.05) is 44.2 Å². The molecule has 0 saturated heterocycles. The summed E-state index contributed by atoms with van der Waals surface area (Å²) in [5.74, 6) is 0.828. The Bertz CT molecular complexity index is 564. The third-order valence-corrected chi connectivity index (χ3v) is 3.16. The van der Waals surface area contributed by atoms with Crippen molar-refractivity contribution in [3.05, 3.63) is 58.9 Å². The third-order valence-electron chi connectivity index (χ3n) is 3.16. The van der Waals surface area contributed by atoms with Crippen molar-refractivity contribution in [2.24, 2.45) is 0 Å². The lowest BCUT2D eigenvalue weighted by atomic mass is 10.1. The van der Waals surface area contributed by atoms with Crippen LogP contribution in [-0.4, -0.2) is 10.1 Å². The van der Waals surface area contributed by atoms with E-state index in [0.717, 1.165) is 28.1 Å². The van der Waals surface area contributed by atoms with Crippen molar-refractivity contribution in [3.8, 4) is 5.75 Å². The van der Waals surface area contributed by atoms with E-state index in [4.69, 9.17) is 4.74 Å². The molecule has 3 heteroatoms. The molecule has 0 saturated carbocycles. The van der Waals surface area contributed by atoms with Crippen molar-refractivity contribution in [1.29, 1.82) is 0 Å². The van der Waals surface area contributed by atoms with Crippen molar-refractivity contribution in [2.45, 2.75) is 33.5 Å². The van der Waals surface area contributed by atoms with Crippen LogP contribution in [0.4, 0.5) is 0 Å². The minimum Gasteiger partial charge on any atom is -0.487 e. The first kappa shape index (κ1) is 13.6. The number of nitrogens with zero attached hydrogens (tertiary/aromatic N) is 1. The average Bonchev–Trinajstić information content (AvgIpc) is 2.39. The van der Waals surface area contributed by atoms with E-state index in [0.29, 0.717) is 6.61 Å². The molecule has 1 atom stereocenters. The van der Waals surface area contributed by atoms with E-state index in [1.54, 1.807) is 13.1 Å². The van der Waals surface area contributed by atoms with Gasteiger partial charge in [-0.25, -0.2) is 0 Å². The molecule has 0 amide bonds. The van der Waals surface area contributed by atoms with Crippen molar-refractivity contribution in [3.63, 3.8) is 0 Å². The second kappa shape index (κ2) is 5.85. The smallest absolute Gasteiger partial charge is 0.130 e. The Morgan fingerprint density at radius 1 is 1.21 bits per heavy atom. The molecule has 100 valence electrons. The molecule has 0 bridgehead atoms. The first-order chi connectivity index (χ1) is 9.08. The number of hydrogen-bond acceptors (Lipinski definition) is 3. The fourth-order valence-electron chi connectivity index (χ4n) is 1.91. The number of benzene rings is 1. The molecule has 1 N–H and O–H groups in total. The summed E-state index contributed by atoms with van der Waals surface area (Å²) in [4.78, 5) is 4.30. The van der Waals surface area contributed by atoms with Crippen LogP contribution in [0.15, 0.2) is 36.5 Å². The predicted octanol–water partition coefficient (Wildman–Crippen LogP) is 3.33. The van der Waals surface area contributed by atoms with E-state index in [9.17, 15) is 5.11 Å². The zero-order valence-corrected chi connectivity index (χ0v) is 11.6. The second-order valence-corrected chi connectivity index (χ2v) is 4.76. The molecular formula is C16H19NO2. The summed E-state index contributed by atoms with van der Waals surface area (Å²) in [5.41, 5.74) is 3.99. The summed E-state index contributed by atoms with van der Waals surface area (Å²) in [6, 6.07) is 9.68. The Morgan fingerprint density at radius 3 is 2.63 bits per heavy atom. The van der Waals surface area contributed by atoms with Gasteiger partial charge < -0.3 is 9.84 Å². The molecule has 0 fully saturated rings. The number of aromatic nitrogens is 1. The van der Waals surface area contributed by atoms with Gasteiger partial charge in [0.25, 0.3) is 0 Å². The van der Waals surface area contributed by atoms with Gasteiger partial charge in [0.15, 0.2) is 0 Å². The van der Waals surface area contributed by atoms with Gasteiger partial charge in [0.05, 0.1) is 11.8 Å². The van der Waals surface area contributed by atoms with E-state index in [2.05, 4.69) is 4.98 Å². The van der Waals surface area contributed by atoms with E-state index < -0.39 is 6.10 Å². The maximum absolute atomic E-state index is 9.53. The summed E-state index contributed by atoms with van der Waals surface area (Å²) >= 11 is 0. The van der Waals surface area contributed by atoms with Crippen LogP contribution in [0.2, 0.25) is 0 Å². The van der Waals surface area contributed by atoms with Crippen LogP contribution in [-0.2, 0) is 6.61 Å². The van der Waals surface area contributed by atoms with Crippen LogP contribution in [0, 0.1) is 13.8 Å². The van der Waals surface area contributed by atoms with Gasteiger partial charge in [0.2, 0.25) is 0 Å². The number of aliphatic hydroxyl groups is 1. The predicted molar refractivity (Wildman–Crippen MR) is 75.1 cm³/mol. The Labute approximate surface area is 113 Å². The van der Waals surface area contributed by atoms with Crippen LogP contribution >= 0.6 is 0 Å². The molecule has 0 radical (unpaired) electrons. The molecule has 1 heterocycles. The number of rotatable bonds is 4. The van der Waals surface area contributed by atoms with Crippen LogP contribution in [0.25, 0.3) is 0 Å². The fourth-order valence-corrected chi connectivity index (χ4v) is 1.91. The highest BCUT2D eigenvalue weighted by Gasteiger charge is 2.06. The van der Waals surface area contributed by atoms with Gasteiger partial charge in [0, 0.05) is 6.20 Å². The van der Waals surface area contributed by atoms with E-state index >= 15 is 0 Å². The van der Waals surface area contributed by atoms with Gasteiger partial charge in [0.1, 0.15) is 12.4 Å². The van der Waals surface area contributed by atoms with Gasteiger partial charge in [-0.1, -0.05) is 12.1 Å². The molecule has 2 aromatic rings. The van der Waals surface area contributed by atoms with Gasteiger partial charge >= 0.3 is 0 Å². The average molecular weight is 257 g/mol. The molecule has 1 aromatic heterocycles.